The molecule has 0 aromatic heterocycles. The minimum atomic E-state index is -3.89. The first kappa shape index (κ1) is 28.0. The fraction of sp³-hybridized carbons (Fsp3) is 0.333. The lowest BCUT2D eigenvalue weighted by Crippen LogP contribution is -2.68. The normalized spacial score (nSPS) is 20.4. The molecule has 0 bridgehead atoms. The lowest BCUT2D eigenvalue weighted by atomic mass is 9.75. The molecule has 2 aliphatic rings. The number of hydrogen-bond donors (Lipinski definition) is 3. The van der Waals surface area contributed by atoms with Gasteiger partial charge in [0.05, 0.1) is 24.9 Å². The Labute approximate surface area is 235 Å². The molecule has 1 saturated heterocycles. The lowest BCUT2D eigenvalue weighted by molar-refractivity contribution is -0.127. The standard InChI is InChI=1S/C30H34N4O5S/c1-40(37,38)34(22-30(16-18-31-19-17-30)25-14-8-9-15-27(25)34)33-29(36)26(21-39-20-23-10-4-2-5-11-23)32-28(35)24-12-6-3-7-13-24/h2-15,26,31H,16-22H2,1H3,(H-,32,33,35,36)/p+1. The number of nitrogens with one attached hydrogen (secondary N) is 3. The number of carbonyl (C=O) groups excluding carboxylic acids is 2. The van der Waals surface area contributed by atoms with Crippen LogP contribution in [0.25, 0.3) is 0 Å². The Morgan fingerprint density at radius 3 is 2.25 bits per heavy atom. The molecule has 0 radical (unpaired) electrons. The second kappa shape index (κ2) is 11.5. The zero-order valence-electron chi connectivity index (χ0n) is 22.5. The van der Waals surface area contributed by atoms with E-state index in [0.29, 0.717) is 11.3 Å². The summed E-state index contributed by atoms with van der Waals surface area (Å²) in [6, 6.07) is 24.4. The number of para-hydroxylation sites is 1. The van der Waals surface area contributed by atoms with Crippen LogP contribution in [0.4, 0.5) is 5.69 Å². The van der Waals surface area contributed by atoms with Gasteiger partial charge >= 0.3 is 10.0 Å². The van der Waals surface area contributed by atoms with Gasteiger partial charge in [0.1, 0.15) is 12.6 Å². The molecule has 2 unspecified atom stereocenters. The molecule has 2 heterocycles. The number of rotatable bonds is 9. The zero-order chi connectivity index (χ0) is 28.2. The zero-order valence-corrected chi connectivity index (χ0v) is 23.3. The maximum absolute atomic E-state index is 13.9. The molecular formula is C30H35N4O5S+. The van der Waals surface area contributed by atoms with E-state index in [1.165, 1.54) is 0 Å². The second-order valence-electron chi connectivity index (χ2n) is 10.5. The minimum Gasteiger partial charge on any atom is -0.374 e. The van der Waals surface area contributed by atoms with E-state index >= 15 is 0 Å². The first-order valence-electron chi connectivity index (χ1n) is 13.4. The summed E-state index contributed by atoms with van der Waals surface area (Å²) < 4.78 is 32.3. The van der Waals surface area contributed by atoms with Crippen molar-refractivity contribution in [1.29, 1.82) is 0 Å². The van der Waals surface area contributed by atoms with Crippen LogP contribution in [0.3, 0.4) is 0 Å². The van der Waals surface area contributed by atoms with E-state index in [1.807, 2.05) is 42.5 Å². The minimum absolute atomic E-state index is 0.139. The molecule has 0 aliphatic carbocycles. The summed E-state index contributed by atoms with van der Waals surface area (Å²) in [7, 11) is -3.89. The largest absolute Gasteiger partial charge is 0.374 e. The van der Waals surface area contributed by atoms with Gasteiger partial charge in [-0.15, -0.1) is 0 Å². The van der Waals surface area contributed by atoms with Crippen LogP contribution in [-0.2, 0) is 31.6 Å². The fourth-order valence-electron chi connectivity index (χ4n) is 5.78. The monoisotopic (exact) mass is 563 g/mol. The van der Waals surface area contributed by atoms with Crippen molar-refractivity contribution in [1.82, 2.24) is 20.1 Å². The summed E-state index contributed by atoms with van der Waals surface area (Å²) in [6.07, 6.45) is 2.65. The number of quaternary nitrogens is 1. The highest BCUT2D eigenvalue weighted by atomic mass is 32.2. The SMILES string of the molecule is CS(=O)(=O)[N+]1(NC(=O)C(COCc2ccccc2)NC(=O)c2ccccc2)CC2(CCNCC2)c2ccccc21. The Balaban J connectivity index is 1.45. The summed E-state index contributed by atoms with van der Waals surface area (Å²) in [5.41, 5.74) is 5.24. The molecule has 3 aromatic rings. The molecule has 2 amide bonds. The van der Waals surface area contributed by atoms with Crippen molar-refractivity contribution in [2.45, 2.75) is 30.9 Å². The van der Waals surface area contributed by atoms with Crippen LogP contribution in [-0.4, -0.2) is 58.8 Å². The van der Waals surface area contributed by atoms with Crippen molar-refractivity contribution in [3.63, 3.8) is 0 Å². The van der Waals surface area contributed by atoms with Gasteiger partial charge in [0.2, 0.25) is 0 Å². The van der Waals surface area contributed by atoms with Crippen molar-refractivity contribution in [2.24, 2.45) is 0 Å². The average molecular weight is 564 g/mol. The smallest absolute Gasteiger partial charge is 0.321 e. The molecular weight excluding hydrogens is 528 g/mol. The first-order valence-corrected chi connectivity index (χ1v) is 15.3. The molecule has 210 valence electrons. The van der Waals surface area contributed by atoms with Gasteiger partial charge in [-0.05, 0) is 43.6 Å². The van der Waals surface area contributed by atoms with E-state index in [-0.39, 0.29) is 19.8 Å². The van der Waals surface area contributed by atoms with Gasteiger partial charge in [0.25, 0.3) is 11.8 Å². The number of carbonyl (C=O) groups is 2. The number of benzene rings is 3. The number of hydrogen-bond acceptors (Lipinski definition) is 6. The predicted molar refractivity (Wildman–Crippen MR) is 154 cm³/mol. The van der Waals surface area contributed by atoms with Gasteiger partial charge in [0, 0.05) is 17.2 Å². The number of amides is 2. The summed E-state index contributed by atoms with van der Waals surface area (Å²) >= 11 is 0. The molecule has 1 fully saturated rings. The third kappa shape index (κ3) is 5.53. The van der Waals surface area contributed by atoms with Crippen molar-refractivity contribution < 1.29 is 22.7 Å². The molecule has 2 atom stereocenters. The van der Waals surface area contributed by atoms with Crippen LogP contribution in [0, 0.1) is 0 Å². The van der Waals surface area contributed by atoms with Crippen LogP contribution < -0.4 is 20.1 Å². The number of piperidine rings is 1. The second-order valence-corrected chi connectivity index (χ2v) is 12.6. The van der Waals surface area contributed by atoms with Gasteiger partial charge in [0.15, 0.2) is 5.69 Å². The maximum Gasteiger partial charge on any atom is 0.321 e. The van der Waals surface area contributed by atoms with E-state index in [1.54, 1.807) is 42.5 Å². The fourth-order valence-corrected chi connectivity index (χ4v) is 7.04. The maximum atomic E-state index is 13.9. The molecule has 10 heteroatoms. The van der Waals surface area contributed by atoms with Crippen molar-refractivity contribution in [2.75, 3.05) is 32.5 Å². The summed E-state index contributed by atoms with van der Waals surface area (Å²) in [4.78, 5) is 27.0. The van der Waals surface area contributed by atoms with Crippen LogP contribution in [0.1, 0.15) is 34.3 Å². The number of ether oxygens (including phenoxy) is 1. The predicted octanol–water partition coefficient (Wildman–Crippen LogP) is 2.63. The molecule has 3 N–H and O–H groups in total. The van der Waals surface area contributed by atoms with Crippen molar-refractivity contribution >= 4 is 27.5 Å². The van der Waals surface area contributed by atoms with E-state index < -0.39 is 37.3 Å². The Bertz CT molecular complexity index is 1460. The van der Waals surface area contributed by atoms with E-state index in [9.17, 15) is 18.0 Å². The molecule has 0 saturated carbocycles. The van der Waals surface area contributed by atoms with Crippen LogP contribution >= 0.6 is 0 Å². The van der Waals surface area contributed by atoms with Gasteiger partial charge in [-0.25, -0.2) is 0 Å². The van der Waals surface area contributed by atoms with E-state index in [0.717, 1.165) is 43.3 Å². The Morgan fingerprint density at radius 1 is 0.950 bits per heavy atom. The highest BCUT2D eigenvalue weighted by Crippen LogP contribution is 2.50. The molecule has 5 rings (SSSR count). The van der Waals surface area contributed by atoms with Crippen LogP contribution in [0.2, 0.25) is 0 Å². The third-order valence-corrected chi connectivity index (χ3v) is 9.41. The highest BCUT2D eigenvalue weighted by molar-refractivity contribution is 7.90. The molecule has 3 aromatic carbocycles. The Kier molecular flexibility index (Phi) is 8.04. The van der Waals surface area contributed by atoms with Crippen LogP contribution in [0.15, 0.2) is 84.9 Å². The Morgan fingerprint density at radius 2 is 1.57 bits per heavy atom. The van der Waals surface area contributed by atoms with Gasteiger partial charge < -0.3 is 15.4 Å². The molecule has 1 spiro atoms. The van der Waals surface area contributed by atoms with Gasteiger partial charge in [-0.2, -0.15) is 13.8 Å². The highest BCUT2D eigenvalue weighted by Gasteiger charge is 2.60. The molecule has 9 nitrogen and oxygen atoms in total. The molecule has 40 heavy (non-hydrogen) atoms. The summed E-state index contributed by atoms with van der Waals surface area (Å²) in [5, 5.41) is 6.12. The lowest BCUT2D eigenvalue weighted by Gasteiger charge is -2.36. The van der Waals surface area contributed by atoms with Crippen molar-refractivity contribution in [3.05, 3.63) is 102 Å². The summed E-state index contributed by atoms with van der Waals surface area (Å²) in [5.74, 6) is -1.09. The Hall–Kier alpha value is -3.57. The van der Waals surface area contributed by atoms with Crippen LogP contribution in [0.5, 0.6) is 0 Å². The van der Waals surface area contributed by atoms with Gasteiger partial charge in [-0.3, -0.25) is 9.59 Å². The van der Waals surface area contributed by atoms with E-state index in [2.05, 4.69) is 16.1 Å². The van der Waals surface area contributed by atoms with Gasteiger partial charge in [-0.1, -0.05) is 70.7 Å². The van der Waals surface area contributed by atoms with E-state index in [4.69, 9.17) is 4.74 Å². The first-order chi connectivity index (χ1) is 19.2. The number of nitrogens with zero attached hydrogens (tertiary/aromatic N) is 1. The quantitative estimate of drug-likeness (QED) is 0.345. The third-order valence-electron chi connectivity index (χ3n) is 7.86. The molecule has 2 aliphatic heterocycles. The number of sulfonamides is 1. The summed E-state index contributed by atoms with van der Waals surface area (Å²) in [6.45, 7) is 1.80. The number of fused-ring (bicyclic) bond motifs is 2. The average Bonchev–Trinajstić information content (AvgIpc) is 3.23. The van der Waals surface area contributed by atoms with Crippen molar-refractivity contribution in [3.8, 4) is 0 Å². The topological polar surface area (TPSA) is 114 Å².